The van der Waals surface area contributed by atoms with Gasteiger partial charge in [-0.25, -0.2) is 0 Å². The van der Waals surface area contributed by atoms with E-state index in [1.54, 1.807) is 0 Å². The van der Waals surface area contributed by atoms with Crippen molar-refractivity contribution in [1.82, 2.24) is 4.42 Å². The van der Waals surface area contributed by atoms with Gasteiger partial charge in [0.25, 0.3) is 0 Å². The first-order chi connectivity index (χ1) is 11.8. The Morgan fingerprint density at radius 3 is 2.48 bits per heavy atom. The van der Waals surface area contributed by atoms with E-state index in [1.807, 2.05) is 0 Å². The largest absolute Gasteiger partial charge is 0.416 e. The lowest BCUT2D eigenvalue weighted by atomic mass is 9.95. The number of carbonyl (C=O) groups excluding carboxylic acids is 2. The van der Waals surface area contributed by atoms with Gasteiger partial charge in [-0.05, 0) is 31.0 Å². The summed E-state index contributed by atoms with van der Waals surface area (Å²) >= 11 is 6.05. The number of anilines is 1. The highest BCUT2D eigenvalue weighted by Gasteiger charge is 2.30. The number of nitrogens with zero attached hydrogens (tertiary/aromatic N) is 1. The minimum Gasteiger partial charge on any atom is -0.326 e. The van der Waals surface area contributed by atoms with Crippen molar-refractivity contribution in [2.24, 2.45) is 0 Å². The van der Waals surface area contributed by atoms with Crippen molar-refractivity contribution >= 4 is 29.3 Å². The van der Waals surface area contributed by atoms with Gasteiger partial charge in [0.15, 0.2) is 0 Å². The molecule has 0 spiro atoms. The molecule has 0 aliphatic heterocycles. The topological polar surface area (TPSA) is 49.4 Å². The maximum atomic E-state index is 12.6. The van der Waals surface area contributed by atoms with E-state index >= 15 is 0 Å². The molecule has 0 heterocycles. The highest BCUT2D eigenvalue weighted by atomic mass is 35.5. The van der Waals surface area contributed by atoms with E-state index in [9.17, 15) is 22.8 Å². The first-order valence-corrected chi connectivity index (χ1v) is 8.56. The highest BCUT2D eigenvalue weighted by molar-refractivity contribution is 6.21. The summed E-state index contributed by atoms with van der Waals surface area (Å²) in [4.78, 5) is 23.9. The van der Waals surface area contributed by atoms with Crippen molar-refractivity contribution in [2.45, 2.75) is 57.2 Å². The minimum absolute atomic E-state index is 0.00514. The first kappa shape index (κ1) is 19.6. The summed E-state index contributed by atoms with van der Waals surface area (Å²) in [7, 11) is 0. The third kappa shape index (κ3) is 5.92. The Bertz CT molecular complexity index is 616. The van der Waals surface area contributed by atoms with Gasteiger partial charge in [-0.1, -0.05) is 25.3 Å². The molecule has 0 unspecified atom stereocenters. The van der Waals surface area contributed by atoms with E-state index in [1.165, 1.54) is 16.6 Å². The lowest BCUT2D eigenvalue weighted by Gasteiger charge is -2.28. The molecule has 25 heavy (non-hydrogen) atoms. The van der Waals surface area contributed by atoms with Crippen LogP contribution in [0.15, 0.2) is 24.3 Å². The van der Waals surface area contributed by atoms with Gasteiger partial charge in [-0.2, -0.15) is 13.2 Å². The van der Waals surface area contributed by atoms with Crippen LogP contribution in [0.1, 0.15) is 50.5 Å². The van der Waals surface area contributed by atoms with Gasteiger partial charge < -0.3 is 5.32 Å². The van der Waals surface area contributed by atoms with Crippen LogP contribution in [0.25, 0.3) is 0 Å². The molecule has 138 valence electrons. The molecule has 0 bridgehead atoms. The third-order valence-electron chi connectivity index (χ3n) is 4.17. The predicted octanol–water partition coefficient (Wildman–Crippen LogP) is 4.74. The van der Waals surface area contributed by atoms with Crippen molar-refractivity contribution in [3.63, 3.8) is 0 Å². The zero-order chi connectivity index (χ0) is 18.4. The second-order valence-corrected chi connectivity index (χ2v) is 6.49. The number of hydrogen-bond donors (Lipinski definition) is 1. The Hall–Kier alpha value is -1.76. The number of hydrogen-bond acceptors (Lipinski definition) is 2. The summed E-state index contributed by atoms with van der Waals surface area (Å²) in [5.74, 6) is -0.867. The monoisotopic (exact) mass is 376 g/mol. The number of alkyl halides is 3. The Morgan fingerprint density at radius 2 is 1.84 bits per heavy atom. The van der Waals surface area contributed by atoms with E-state index in [0.29, 0.717) is 0 Å². The van der Waals surface area contributed by atoms with Gasteiger partial charge in [0.05, 0.1) is 5.56 Å². The van der Waals surface area contributed by atoms with Gasteiger partial charge in [0, 0.05) is 36.3 Å². The fraction of sp³-hybridized carbons (Fsp3) is 0.529. The molecule has 0 atom stereocenters. The molecule has 2 amide bonds. The summed E-state index contributed by atoms with van der Waals surface area (Å²) in [6, 6.07) is 4.36. The summed E-state index contributed by atoms with van der Waals surface area (Å²) in [5.41, 5.74) is -0.798. The van der Waals surface area contributed by atoms with Crippen molar-refractivity contribution in [3.8, 4) is 0 Å². The molecule has 0 aromatic heterocycles. The quantitative estimate of drug-likeness (QED) is 0.754. The molecule has 1 aliphatic rings. The Kier molecular flexibility index (Phi) is 6.70. The summed E-state index contributed by atoms with van der Waals surface area (Å²) in [5, 5.41) is 2.38. The van der Waals surface area contributed by atoms with Crippen LogP contribution >= 0.6 is 11.8 Å². The van der Waals surface area contributed by atoms with E-state index in [0.717, 1.165) is 44.2 Å². The predicted molar refractivity (Wildman–Crippen MR) is 88.9 cm³/mol. The van der Waals surface area contributed by atoms with Gasteiger partial charge in [0.1, 0.15) is 0 Å². The van der Waals surface area contributed by atoms with Gasteiger partial charge in [-0.15, -0.1) is 0 Å². The molecular weight excluding hydrogens is 357 g/mol. The van der Waals surface area contributed by atoms with Crippen LogP contribution in [0.2, 0.25) is 0 Å². The molecule has 4 nitrogen and oxygen atoms in total. The van der Waals surface area contributed by atoms with E-state index in [4.69, 9.17) is 11.8 Å². The van der Waals surface area contributed by atoms with Gasteiger partial charge in [0.2, 0.25) is 11.8 Å². The van der Waals surface area contributed by atoms with Crippen molar-refractivity contribution in [3.05, 3.63) is 29.8 Å². The molecule has 1 aliphatic carbocycles. The molecule has 1 saturated carbocycles. The van der Waals surface area contributed by atoms with Crippen molar-refractivity contribution < 1.29 is 22.8 Å². The fourth-order valence-electron chi connectivity index (χ4n) is 2.84. The number of rotatable bonds is 5. The molecule has 1 aromatic carbocycles. The SMILES string of the molecule is O=C(CCC(=O)N(Cl)C1CCCCC1)Nc1cccc(C(F)(F)F)c1. The summed E-state index contributed by atoms with van der Waals surface area (Å²) < 4.78 is 39.1. The molecular formula is C17H20ClF3N2O2. The Balaban J connectivity index is 1.83. The van der Waals surface area contributed by atoms with E-state index < -0.39 is 17.6 Å². The lowest BCUT2D eigenvalue weighted by Crippen LogP contribution is -2.34. The Labute approximate surface area is 149 Å². The number of amides is 2. The zero-order valence-corrected chi connectivity index (χ0v) is 14.4. The van der Waals surface area contributed by atoms with Crippen molar-refractivity contribution in [2.75, 3.05) is 5.32 Å². The second kappa shape index (κ2) is 8.56. The normalized spacial score (nSPS) is 15.7. The molecule has 1 aromatic rings. The van der Waals surface area contributed by atoms with Crippen molar-refractivity contribution in [1.29, 1.82) is 0 Å². The highest BCUT2D eigenvalue weighted by Crippen LogP contribution is 2.30. The zero-order valence-electron chi connectivity index (χ0n) is 13.6. The van der Waals surface area contributed by atoms with Gasteiger partial charge in [-0.3, -0.25) is 14.0 Å². The second-order valence-electron chi connectivity index (χ2n) is 6.12. The fourth-order valence-corrected chi connectivity index (χ4v) is 3.12. The number of benzene rings is 1. The third-order valence-corrected chi connectivity index (χ3v) is 4.64. The van der Waals surface area contributed by atoms with Crippen LogP contribution in [0.4, 0.5) is 18.9 Å². The molecule has 0 radical (unpaired) electrons. The molecule has 2 rings (SSSR count). The maximum absolute atomic E-state index is 12.6. The van der Waals surface area contributed by atoms with Gasteiger partial charge >= 0.3 is 6.18 Å². The summed E-state index contributed by atoms with van der Waals surface area (Å²) in [6.07, 6.45) is 0.201. The molecule has 1 fully saturated rings. The standard InChI is InChI=1S/C17H20ClF3N2O2/c18-23(14-7-2-1-3-8-14)16(25)10-9-15(24)22-13-6-4-5-12(11-13)17(19,20)21/h4-6,11,14H,1-3,7-10H2,(H,22,24). The number of carbonyl (C=O) groups is 2. The van der Waals surface area contributed by atoms with Crippen LogP contribution in [-0.2, 0) is 15.8 Å². The number of halogens is 4. The number of nitrogens with one attached hydrogen (secondary N) is 1. The van der Waals surface area contributed by atoms with Crippen LogP contribution in [0.3, 0.4) is 0 Å². The molecule has 1 N–H and O–H groups in total. The van der Waals surface area contributed by atoms with Crippen LogP contribution in [0, 0.1) is 0 Å². The van der Waals surface area contributed by atoms with E-state index in [-0.39, 0.29) is 30.5 Å². The molecule has 0 saturated heterocycles. The van der Waals surface area contributed by atoms with E-state index in [2.05, 4.69) is 5.32 Å². The first-order valence-electron chi connectivity index (χ1n) is 8.22. The van der Waals surface area contributed by atoms with Crippen LogP contribution < -0.4 is 5.32 Å². The average Bonchev–Trinajstić information content (AvgIpc) is 2.59. The van der Waals surface area contributed by atoms with Crippen LogP contribution in [-0.4, -0.2) is 22.3 Å². The smallest absolute Gasteiger partial charge is 0.326 e. The average molecular weight is 377 g/mol. The minimum atomic E-state index is -4.48. The van der Waals surface area contributed by atoms with Crippen LogP contribution in [0.5, 0.6) is 0 Å². The Morgan fingerprint density at radius 1 is 1.16 bits per heavy atom. The maximum Gasteiger partial charge on any atom is 0.416 e. The lowest BCUT2D eigenvalue weighted by molar-refractivity contribution is -0.137. The molecule has 8 heteroatoms. The summed E-state index contributed by atoms with van der Waals surface area (Å²) in [6.45, 7) is 0.